The SMILES string of the molecule is C=CCC(CN(C)C)(C(=O)O)C(=O)O. The summed E-state index contributed by atoms with van der Waals surface area (Å²) in [6.07, 6.45) is 1.22. The van der Waals surface area contributed by atoms with E-state index in [1.54, 1.807) is 14.1 Å². The van der Waals surface area contributed by atoms with Gasteiger partial charge in [-0.1, -0.05) is 6.08 Å². The van der Waals surface area contributed by atoms with E-state index in [-0.39, 0.29) is 13.0 Å². The maximum Gasteiger partial charge on any atom is 0.322 e. The van der Waals surface area contributed by atoms with Crippen LogP contribution in [0.25, 0.3) is 0 Å². The predicted octanol–water partition coefficient (Wildman–Crippen LogP) is 0.280. The van der Waals surface area contributed by atoms with E-state index in [0.717, 1.165) is 0 Å². The quantitative estimate of drug-likeness (QED) is 0.476. The Balaban J connectivity index is 5.03. The molecule has 0 aromatic carbocycles. The molecule has 0 amide bonds. The van der Waals surface area contributed by atoms with Gasteiger partial charge in [-0.3, -0.25) is 9.59 Å². The van der Waals surface area contributed by atoms with Gasteiger partial charge in [0.05, 0.1) is 0 Å². The van der Waals surface area contributed by atoms with Crippen molar-refractivity contribution in [2.75, 3.05) is 20.6 Å². The van der Waals surface area contributed by atoms with Gasteiger partial charge >= 0.3 is 11.9 Å². The molecule has 14 heavy (non-hydrogen) atoms. The maximum atomic E-state index is 10.9. The first kappa shape index (κ1) is 12.6. The van der Waals surface area contributed by atoms with Crippen molar-refractivity contribution in [3.8, 4) is 0 Å². The fraction of sp³-hybridized carbons (Fsp3) is 0.556. The van der Waals surface area contributed by atoms with Crippen LogP contribution in [0.4, 0.5) is 0 Å². The number of hydrogen-bond acceptors (Lipinski definition) is 3. The van der Waals surface area contributed by atoms with Crippen LogP contribution < -0.4 is 0 Å². The summed E-state index contributed by atoms with van der Waals surface area (Å²) in [5.41, 5.74) is -1.79. The summed E-state index contributed by atoms with van der Waals surface area (Å²) in [5.74, 6) is -2.67. The highest BCUT2D eigenvalue weighted by atomic mass is 16.4. The monoisotopic (exact) mass is 201 g/mol. The van der Waals surface area contributed by atoms with Crippen LogP contribution >= 0.6 is 0 Å². The minimum atomic E-state index is -1.79. The number of rotatable bonds is 6. The van der Waals surface area contributed by atoms with Gasteiger partial charge in [0.15, 0.2) is 5.41 Å². The molecule has 0 bridgehead atoms. The smallest absolute Gasteiger partial charge is 0.322 e. The molecule has 5 nitrogen and oxygen atoms in total. The van der Waals surface area contributed by atoms with E-state index < -0.39 is 17.4 Å². The van der Waals surface area contributed by atoms with E-state index in [1.807, 2.05) is 0 Å². The lowest BCUT2D eigenvalue weighted by molar-refractivity contribution is -0.165. The normalized spacial score (nSPS) is 11.4. The molecule has 0 aliphatic rings. The lowest BCUT2D eigenvalue weighted by Crippen LogP contribution is -2.46. The highest BCUT2D eigenvalue weighted by Gasteiger charge is 2.45. The molecule has 2 N–H and O–H groups in total. The number of carboxylic acids is 2. The summed E-state index contributed by atoms with van der Waals surface area (Å²) in [5, 5.41) is 17.8. The van der Waals surface area contributed by atoms with E-state index in [4.69, 9.17) is 10.2 Å². The molecule has 0 radical (unpaired) electrons. The van der Waals surface area contributed by atoms with Crippen LogP contribution in [0.2, 0.25) is 0 Å². The molecule has 0 aliphatic carbocycles. The van der Waals surface area contributed by atoms with Crippen molar-refractivity contribution in [2.45, 2.75) is 6.42 Å². The second kappa shape index (κ2) is 4.76. The third kappa shape index (κ3) is 2.56. The van der Waals surface area contributed by atoms with Gasteiger partial charge in [0, 0.05) is 6.54 Å². The molecule has 0 fully saturated rings. The topological polar surface area (TPSA) is 77.8 Å². The molecule has 0 saturated heterocycles. The Morgan fingerprint density at radius 2 is 1.79 bits per heavy atom. The fourth-order valence-corrected chi connectivity index (χ4v) is 1.25. The molecular formula is C9H15NO4. The minimum Gasteiger partial charge on any atom is -0.480 e. The van der Waals surface area contributed by atoms with Crippen molar-refractivity contribution < 1.29 is 19.8 Å². The van der Waals surface area contributed by atoms with Crippen LogP contribution in [0.3, 0.4) is 0 Å². The van der Waals surface area contributed by atoms with Crippen LogP contribution in [-0.4, -0.2) is 47.7 Å². The van der Waals surface area contributed by atoms with Gasteiger partial charge in [-0.2, -0.15) is 0 Å². The number of carbonyl (C=O) groups is 2. The van der Waals surface area contributed by atoms with Crippen molar-refractivity contribution in [3.05, 3.63) is 12.7 Å². The van der Waals surface area contributed by atoms with E-state index in [2.05, 4.69) is 6.58 Å². The summed E-state index contributed by atoms with van der Waals surface area (Å²) in [7, 11) is 3.26. The van der Waals surface area contributed by atoms with Gasteiger partial charge in [0.1, 0.15) is 0 Å². The number of allylic oxidation sites excluding steroid dienone is 1. The van der Waals surface area contributed by atoms with E-state index >= 15 is 0 Å². The van der Waals surface area contributed by atoms with Gasteiger partial charge < -0.3 is 15.1 Å². The van der Waals surface area contributed by atoms with Crippen LogP contribution in [-0.2, 0) is 9.59 Å². The lowest BCUT2D eigenvalue weighted by atomic mass is 9.84. The summed E-state index contributed by atoms with van der Waals surface area (Å²) in [4.78, 5) is 23.4. The lowest BCUT2D eigenvalue weighted by Gasteiger charge is -2.26. The average molecular weight is 201 g/mol. The third-order valence-electron chi connectivity index (χ3n) is 1.90. The fourth-order valence-electron chi connectivity index (χ4n) is 1.25. The third-order valence-corrected chi connectivity index (χ3v) is 1.90. The molecule has 0 rings (SSSR count). The number of hydrogen-bond donors (Lipinski definition) is 2. The molecule has 80 valence electrons. The van der Waals surface area contributed by atoms with E-state index in [1.165, 1.54) is 11.0 Å². The first-order chi connectivity index (χ1) is 6.36. The van der Waals surface area contributed by atoms with Crippen LogP contribution in [0.5, 0.6) is 0 Å². The number of carboxylic acid groups (broad SMARTS) is 2. The highest BCUT2D eigenvalue weighted by Crippen LogP contribution is 2.24. The van der Waals surface area contributed by atoms with Crippen LogP contribution in [0.1, 0.15) is 6.42 Å². The van der Waals surface area contributed by atoms with Crippen molar-refractivity contribution in [1.82, 2.24) is 4.90 Å². The van der Waals surface area contributed by atoms with Crippen molar-refractivity contribution in [3.63, 3.8) is 0 Å². The number of aliphatic carboxylic acids is 2. The molecule has 5 heteroatoms. The second-order valence-electron chi connectivity index (χ2n) is 3.42. The summed E-state index contributed by atoms with van der Waals surface area (Å²) < 4.78 is 0. The van der Waals surface area contributed by atoms with Gasteiger partial charge in [0.25, 0.3) is 0 Å². The van der Waals surface area contributed by atoms with Crippen molar-refractivity contribution >= 4 is 11.9 Å². The standard InChI is InChI=1S/C9H15NO4/c1-4-5-9(7(11)12,8(13)14)6-10(2)3/h4H,1,5-6H2,2-3H3,(H,11,12)(H,13,14). The zero-order valence-electron chi connectivity index (χ0n) is 8.36. The average Bonchev–Trinajstić information content (AvgIpc) is 2.01. The van der Waals surface area contributed by atoms with Gasteiger partial charge in [-0.25, -0.2) is 0 Å². The van der Waals surface area contributed by atoms with Gasteiger partial charge in [-0.15, -0.1) is 6.58 Å². The summed E-state index contributed by atoms with van der Waals surface area (Å²) in [6, 6.07) is 0. The molecule has 0 spiro atoms. The molecule has 0 aromatic heterocycles. The Morgan fingerprint density at radius 3 is 2.00 bits per heavy atom. The zero-order valence-corrected chi connectivity index (χ0v) is 8.36. The molecule has 0 saturated carbocycles. The zero-order chi connectivity index (χ0) is 11.4. The molecular weight excluding hydrogens is 186 g/mol. The van der Waals surface area contributed by atoms with Crippen LogP contribution in [0.15, 0.2) is 12.7 Å². The maximum absolute atomic E-state index is 10.9. The first-order valence-electron chi connectivity index (χ1n) is 4.09. The Bertz CT molecular complexity index is 233. The Kier molecular flexibility index (Phi) is 4.30. The molecule has 0 aromatic rings. The van der Waals surface area contributed by atoms with Gasteiger partial charge in [-0.05, 0) is 20.5 Å². The van der Waals surface area contributed by atoms with E-state index in [0.29, 0.717) is 0 Å². The molecule has 0 atom stereocenters. The highest BCUT2D eigenvalue weighted by molar-refractivity contribution is 5.98. The predicted molar refractivity (Wildman–Crippen MR) is 51.1 cm³/mol. The Hall–Kier alpha value is -1.36. The van der Waals surface area contributed by atoms with E-state index in [9.17, 15) is 9.59 Å². The summed E-state index contributed by atoms with van der Waals surface area (Å²) in [6.45, 7) is 3.32. The molecule has 0 aliphatic heterocycles. The van der Waals surface area contributed by atoms with Gasteiger partial charge in [0.2, 0.25) is 0 Å². The second-order valence-corrected chi connectivity index (χ2v) is 3.42. The largest absolute Gasteiger partial charge is 0.480 e. The van der Waals surface area contributed by atoms with Crippen molar-refractivity contribution in [1.29, 1.82) is 0 Å². The molecule has 0 unspecified atom stereocenters. The first-order valence-corrected chi connectivity index (χ1v) is 4.09. The summed E-state index contributed by atoms with van der Waals surface area (Å²) >= 11 is 0. The van der Waals surface area contributed by atoms with Crippen molar-refractivity contribution in [2.24, 2.45) is 5.41 Å². The Morgan fingerprint density at radius 1 is 1.36 bits per heavy atom. The number of nitrogens with zero attached hydrogens (tertiary/aromatic N) is 1. The minimum absolute atomic E-state index is 0.0519. The van der Waals surface area contributed by atoms with Crippen LogP contribution in [0, 0.1) is 5.41 Å². The molecule has 0 heterocycles. The Labute approximate surface area is 82.6 Å².